The van der Waals surface area contributed by atoms with Crippen molar-refractivity contribution in [1.82, 2.24) is 9.97 Å². The molecule has 3 rings (SSSR count). The minimum atomic E-state index is -1.06. The number of benzene rings is 1. The first kappa shape index (κ1) is 15.2. The van der Waals surface area contributed by atoms with Gasteiger partial charge in [0, 0.05) is 0 Å². The Balaban J connectivity index is 1.89. The van der Waals surface area contributed by atoms with E-state index < -0.39 is 5.97 Å². The summed E-state index contributed by atoms with van der Waals surface area (Å²) in [5.74, 6) is 0.0293. The number of nitrogens with one attached hydrogen (secondary N) is 1. The highest BCUT2D eigenvalue weighted by Crippen LogP contribution is 2.25. The highest BCUT2D eigenvalue weighted by molar-refractivity contribution is 7.17. The van der Waals surface area contributed by atoms with Crippen molar-refractivity contribution >= 4 is 33.5 Å². The van der Waals surface area contributed by atoms with Crippen LogP contribution in [0.3, 0.4) is 0 Å². The molecule has 118 valence electrons. The summed E-state index contributed by atoms with van der Waals surface area (Å²) in [6, 6.07) is 9.35. The molecule has 2 aromatic heterocycles. The summed E-state index contributed by atoms with van der Waals surface area (Å²) in [5.41, 5.74) is 1.68. The molecular formula is C16H15N3O3S. The van der Waals surface area contributed by atoms with Crippen LogP contribution >= 0.6 is 11.3 Å². The average Bonchev–Trinajstić information content (AvgIpc) is 3.02. The summed E-state index contributed by atoms with van der Waals surface area (Å²) in [6.07, 6.45) is 0. The maximum absolute atomic E-state index is 11.4. The lowest BCUT2D eigenvalue weighted by Gasteiger charge is -2.15. The molecule has 0 spiro atoms. The summed E-state index contributed by atoms with van der Waals surface area (Å²) >= 11 is 1.32. The van der Waals surface area contributed by atoms with Crippen molar-refractivity contribution < 1.29 is 14.6 Å². The molecule has 3 aromatic rings. The van der Waals surface area contributed by atoms with E-state index in [0.717, 1.165) is 11.3 Å². The van der Waals surface area contributed by atoms with Crippen molar-refractivity contribution in [2.24, 2.45) is 0 Å². The van der Waals surface area contributed by atoms with E-state index >= 15 is 0 Å². The average molecular weight is 329 g/mol. The third-order valence-electron chi connectivity index (χ3n) is 3.47. The van der Waals surface area contributed by atoms with E-state index in [4.69, 9.17) is 4.74 Å². The molecule has 1 atom stereocenters. The molecule has 0 unspecified atom stereocenters. The smallest absolute Gasteiger partial charge is 0.356 e. The Kier molecular flexibility index (Phi) is 4.12. The Morgan fingerprint density at radius 2 is 2.00 bits per heavy atom. The Morgan fingerprint density at radius 1 is 1.26 bits per heavy atom. The lowest BCUT2D eigenvalue weighted by molar-refractivity contribution is 0.0693. The van der Waals surface area contributed by atoms with Gasteiger partial charge >= 0.3 is 5.97 Å². The van der Waals surface area contributed by atoms with Crippen LogP contribution in [-0.4, -0.2) is 28.2 Å². The van der Waals surface area contributed by atoms with Crippen LogP contribution in [-0.2, 0) is 0 Å². The number of fused-ring (bicyclic) bond motifs is 1. The zero-order valence-corrected chi connectivity index (χ0v) is 13.4. The van der Waals surface area contributed by atoms with Crippen molar-refractivity contribution in [2.75, 3.05) is 12.4 Å². The molecule has 0 bridgehead atoms. The summed E-state index contributed by atoms with van der Waals surface area (Å²) in [7, 11) is 1.62. The third-order valence-corrected chi connectivity index (χ3v) is 4.38. The maximum atomic E-state index is 11.4. The number of thiophene rings is 1. The number of methoxy groups -OCH3 is 1. The first-order valence-electron chi connectivity index (χ1n) is 6.97. The van der Waals surface area contributed by atoms with Gasteiger partial charge in [-0.25, -0.2) is 14.8 Å². The van der Waals surface area contributed by atoms with Crippen LogP contribution in [0.15, 0.2) is 35.7 Å². The number of aromatic carboxylic acids is 1. The van der Waals surface area contributed by atoms with Crippen LogP contribution in [0.4, 0.5) is 5.95 Å². The molecule has 2 N–H and O–H groups in total. The molecule has 23 heavy (non-hydrogen) atoms. The van der Waals surface area contributed by atoms with Crippen molar-refractivity contribution in [2.45, 2.75) is 13.0 Å². The third kappa shape index (κ3) is 3.09. The zero-order valence-electron chi connectivity index (χ0n) is 12.6. The molecule has 0 radical (unpaired) electrons. The van der Waals surface area contributed by atoms with E-state index in [0.29, 0.717) is 16.2 Å². The van der Waals surface area contributed by atoms with Crippen LogP contribution in [0.1, 0.15) is 29.0 Å². The molecular weight excluding hydrogens is 314 g/mol. The first-order chi connectivity index (χ1) is 11.1. The minimum absolute atomic E-state index is 0.0226. The largest absolute Gasteiger partial charge is 0.497 e. The summed E-state index contributed by atoms with van der Waals surface area (Å²) in [4.78, 5) is 19.9. The van der Waals surface area contributed by atoms with E-state index in [1.54, 1.807) is 13.2 Å². The van der Waals surface area contributed by atoms with Crippen LogP contribution in [0.2, 0.25) is 0 Å². The van der Waals surface area contributed by atoms with Gasteiger partial charge in [0.25, 0.3) is 0 Å². The lowest BCUT2D eigenvalue weighted by atomic mass is 10.1. The number of nitrogens with zero attached hydrogens (tertiary/aromatic N) is 2. The number of carbonyl (C=O) groups is 1. The predicted molar refractivity (Wildman–Crippen MR) is 89.4 cm³/mol. The Bertz CT molecular complexity index is 845. The lowest BCUT2D eigenvalue weighted by Crippen LogP contribution is -2.12. The van der Waals surface area contributed by atoms with Crippen LogP contribution in [0, 0.1) is 0 Å². The van der Waals surface area contributed by atoms with E-state index in [1.165, 1.54) is 11.3 Å². The molecule has 6 nitrogen and oxygen atoms in total. The highest BCUT2D eigenvalue weighted by atomic mass is 32.1. The van der Waals surface area contributed by atoms with Crippen molar-refractivity contribution in [3.8, 4) is 5.75 Å². The number of anilines is 1. The van der Waals surface area contributed by atoms with Crippen LogP contribution < -0.4 is 10.1 Å². The highest BCUT2D eigenvalue weighted by Gasteiger charge is 2.16. The van der Waals surface area contributed by atoms with Gasteiger partial charge in [-0.05, 0) is 36.1 Å². The topological polar surface area (TPSA) is 84.3 Å². The van der Waals surface area contributed by atoms with Crippen LogP contribution in [0.25, 0.3) is 10.2 Å². The summed E-state index contributed by atoms with van der Waals surface area (Å²) in [6.45, 7) is 1.96. The molecule has 0 amide bonds. The number of rotatable bonds is 5. The second-order valence-corrected chi connectivity index (χ2v) is 5.89. The Hall–Kier alpha value is -2.67. The molecule has 0 fully saturated rings. The summed E-state index contributed by atoms with van der Waals surface area (Å²) in [5, 5.41) is 14.3. The quantitative estimate of drug-likeness (QED) is 0.744. The van der Waals surface area contributed by atoms with Crippen molar-refractivity contribution in [1.29, 1.82) is 0 Å². The molecule has 0 aliphatic carbocycles. The van der Waals surface area contributed by atoms with Gasteiger partial charge in [-0.15, -0.1) is 11.3 Å². The van der Waals surface area contributed by atoms with Crippen LogP contribution in [0.5, 0.6) is 5.75 Å². The number of hydrogen-bond acceptors (Lipinski definition) is 6. The van der Waals surface area contributed by atoms with Gasteiger partial charge in [0.15, 0.2) is 5.69 Å². The fraction of sp³-hybridized carbons (Fsp3) is 0.188. The maximum Gasteiger partial charge on any atom is 0.356 e. The number of ether oxygens (including phenoxy) is 1. The first-order valence-corrected chi connectivity index (χ1v) is 7.85. The Labute approximate surface area is 136 Å². The monoisotopic (exact) mass is 329 g/mol. The molecule has 0 aliphatic rings. The van der Waals surface area contributed by atoms with Gasteiger partial charge in [0.2, 0.25) is 5.95 Å². The van der Waals surface area contributed by atoms with E-state index in [2.05, 4.69) is 15.3 Å². The predicted octanol–water partition coefficient (Wildman–Crippen LogP) is 3.57. The molecule has 0 saturated heterocycles. The normalized spacial score (nSPS) is 12.1. The molecule has 1 aromatic carbocycles. The number of carboxylic acids is 1. The second kappa shape index (κ2) is 6.21. The van der Waals surface area contributed by atoms with Gasteiger partial charge in [0.05, 0.1) is 23.4 Å². The van der Waals surface area contributed by atoms with Gasteiger partial charge in [0.1, 0.15) is 5.75 Å². The SMILES string of the molecule is COc1ccc([C@H](C)Nc2nc(C(=O)O)c3sccc3n2)cc1. The number of carboxylic acid groups (broad SMARTS) is 1. The van der Waals surface area contributed by atoms with E-state index in [1.807, 2.05) is 36.6 Å². The molecule has 0 aliphatic heterocycles. The van der Waals surface area contributed by atoms with E-state index in [-0.39, 0.29) is 11.7 Å². The van der Waals surface area contributed by atoms with Gasteiger partial charge in [-0.3, -0.25) is 0 Å². The van der Waals surface area contributed by atoms with E-state index in [9.17, 15) is 9.90 Å². The van der Waals surface area contributed by atoms with Gasteiger partial charge < -0.3 is 15.2 Å². The fourth-order valence-electron chi connectivity index (χ4n) is 2.24. The minimum Gasteiger partial charge on any atom is -0.497 e. The Morgan fingerprint density at radius 3 is 2.65 bits per heavy atom. The van der Waals surface area contributed by atoms with Gasteiger partial charge in [-0.2, -0.15) is 0 Å². The second-order valence-electron chi connectivity index (χ2n) is 4.98. The molecule has 7 heteroatoms. The van der Waals surface area contributed by atoms with Gasteiger partial charge in [-0.1, -0.05) is 12.1 Å². The standard InChI is InChI=1S/C16H15N3O3S/c1-9(10-3-5-11(22-2)6-4-10)17-16-18-12-7-8-23-14(12)13(19-16)15(20)21/h3-9H,1-2H3,(H,20,21)(H,17,18,19)/t9-/m0/s1. The fourth-order valence-corrected chi connectivity index (χ4v) is 3.05. The van der Waals surface area contributed by atoms with Crippen molar-refractivity contribution in [3.63, 3.8) is 0 Å². The number of aromatic nitrogens is 2. The number of hydrogen-bond donors (Lipinski definition) is 2. The molecule has 2 heterocycles. The summed E-state index contributed by atoms with van der Waals surface area (Å²) < 4.78 is 5.72. The van der Waals surface area contributed by atoms with Crippen molar-refractivity contribution in [3.05, 3.63) is 47.0 Å². The molecule has 0 saturated carbocycles. The zero-order chi connectivity index (χ0) is 16.4.